The van der Waals surface area contributed by atoms with Gasteiger partial charge < -0.3 is 0 Å². The lowest BCUT2D eigenvalue weighted by Crippen LogP contribution is -2.18. The van der Waals surface area contributed by atoms with E-state index in [1.807, 2.05) is 7.05 Å². The van der Waals surface area contributed by atoms with Crippen LogP contribution >= 0.6 is 0 Å². The van der Waals surface area contributed by atoms with Crippen molar-refractivity contribution in [2.75, 3.05) is 7.05 Å². The van der Waals surface area contributed by atoms with Crippen molar-refractivity contribution in [3.05, 3.63) is 53.6 Å². The van der Waals surface area contributed by atoms with E-state index in [0.29, 0.717) is 11.3 Å². The molecule has 0 saturated heterocycles. The number of allylic oxidation sites excluding steroid dienone is 2. The van der Waals surface area contributed by atoms with Gasteiger partial charge in [0.2, 0.25) is 0 Å². The first-order chi connectivity index (χ1) is 13.0. The molecule has 0 heterocycles. The summed E-state index contributed by atoms with van der Waals surface area (Å²) in [6.45, 7) is 13.2. The number of nitrogens with zero attached hydrogens (tertiary/aromatic N) is 1. The normalized spacial score (nSPS) is 20.3. The molecule has 0 aromatic heterocycles. The summed E-state index contributed by atoms with van der Waals surface area (Å²) < 4.78 is 0. The maximum atomic E-state index is 4.37. The number of aliphatic imine (C=N–C) groups is 1. The summed E-state index contributed by atoms with van der Waals surface area (Å²) in [6, 6.07) is 6.97. The molecular weight excluding hydrogens is 326 g/mol. The summed E-state index contributed by atoms with van der Waals surface area (Å²) in [5, 5.41) is 0. The van der Waals surface area contributed by atoms with Crippen molar-refractivity contribution >= 4 is 11.8 Å². The molecule has 0 spiro atoms. The van der Waals surface area contributed by atoms with Gasteiger partial charge in [-0.15, -0.1) is 6.58 Å². The maximum absolute atomic E-state index is 4.37. The molecule has 1 aromatic rings. The van der Waals surface area contributed by atoms with Crippen LogP contribution < -0.4 is 0 Å². The Bertz CT molecular complexity index is 673. The molecule has 1 saturated carbocycles. The zero-order valence-electron chi connectivity index (χ0n) is 18.2. The van der Waals surface area contributed by atoms with Crippen molar-refractivity contribution in [2.45, 2.75) is 78.6 Å². The molecule has 1 nitrogen and oxygen atoms in total. The smallest absolute Gasteiger partial charge is 0.0342 e. The Morgan fingerprint density at radius 3 is 2.48 bits per heavy atom. The predicted molar refractivity (Wildman–Crippen MR) is 122 cm³/mol. The van der Waals surface area contributed by atoms with Gasteiger partial charge in [0.15, 0.2) is 0 Å². The van der Waals surface area contributed by atoms with E-state index in [0.717, 1.165) is 18.1 Å². The Hall–Kier alpha value is -1.63. The Labute approximate surface area is 167 Å². The van der Waals surface area contributed by atoms with Crippen LogP contribution in [0.3, 0.4) is 0 Å². The van der Waals surface area contributed by atoms with Gasteiger partial charge in [0, 0.05) is 12.8 Å². The van der Waals surface area contributed by atoms with Gasteiger partial charge in [-0.05, 0) is 73.5 Å². The van der Waals surface area contributed by atoms with E-state index in [2.05, 4.69) is 75.7 Å². The van der Waals surface area contributed by atoms with Crippen molar-refractivity contribution in [2.24, 2.45) is 16.3 Å². The summed E-state index contributed by atoms with van der Waals surface area (Å²) in [6.07, 6.45) is 15.4. The minimum atomic E-state index is 0.341. The molecule has 2 unspecified atom stereocenters. The molecule has 1 heteroatoms. The van der Waals surface area contributed by atoms with Gasteiger partial charge in [-0.3, -0.25) is 4.99 Å². The maximum Gasteiger partial charge on any atom is 0.0342 e. The average Bonchev–Trinajstić information content (AvgIpc) is 3.41. The van der Waals surface area contributed by atoms with Crippen molar-refractivity contribution in [1.29, 1.82) is 0 Å². The molecule has 0 amide bonds. The lowest BCUT2D eigenvalue weighted by atomic mass is 9.74. The van der Waals surface area contributed by atoms with E-state index in [1.54, 1.807) is 0 Å². The fourth-order valence-electron chi connectivity index (χ4n) is 4.70. The zero-order valence-corrected chi connectivity index (χ0v) is 18.2. The molecule has 0 radical (unpaired) electrons. The summed E-state index contributed by atoms with van der Waals surface area (Å²) >= 11 is 0. The summed E-state index contributed by atoms with van der Waals surface area (Å²) in [4.78, 5) is 4.37. The second-order valence-corrected chi connectivity index (χ2v) is 8.41. The third-order valence-electron chi connectivity index (χ3n) is 6.27. The number of aryl methyl sites for hydroxylation is 1. The second-order valence-electron chi connectivity index (χ2n) is 8.41. The molecule has 2 rings (SSSR count). The minimum absolute atomic E-state index is 0.341. The van der Waals surface area contributed by atoms with E-state index in [9.17, 15) is 0 Å². The van der Waals surface area contributed by atoms with Crippen LogP contribution in [0.4, 0.5) is 0 Å². The molecule has 0 aliphatic heterocycles. The van der Waals surface area contributed by atoms with E-state index in [1.165, 1.54) is 55.2 Å². The minimum Gasteiger partial charge on any atom is -0.293 e. The van der Waals surface area contributed by atoms with E-state index >= 15 is 0 Å². The van der Waals surface area contributed by atoms with Gasteiger partial charge in [-0.25, -0.2) is 0 Å². The fourth-order valence-corrected chi connectivity index (χ4v) is 4.70. The molecular formula is C26H39N. The number of benzene rings is 1. The van der Waals surface area contributed by atoms with Crippen molar-refractivity contribution in [3.8, 4) is 0 Å². The SMILES string of the molecule is C=CC(CCC)(CCC)CC1CC1c1ccc(C)cc1/C=C\C(CC)=NC. The number of rotatable bonds is 11. The lowest BCUT2D eigenvalue weighted by Gasteiger charge is -2.30. The van der Waals surface area contributed by atoms with Crippen LogP contribution in [0.1, 0.15) is 88.3 Å². The molecule has 2 atom stereocenters. The van der Waals surface area contributed by atoms with Crippen molar-refractivity contribution in [1.82, 2.24) is 0 Å². The summed E-state index contributed by atoms with van der Waals surface area (Å²) in [7, 11) is 1.88. The molecule has 27 heavy (non-hydrogen) atoms. The average molecular weight is 366 g/mol. The van der Waals surface area contributed by atoms with Gasteiger partial charge in [-0.2, -0.15) is 0 Å². The van der Waals surface area contributed by atoms with Gasteiger partial charge in [0.05, 0.1) is 0 Å². The molecule has 148 valence electrons. The number of hydrogen-bond acceptors (Lipinski definition) is 1. The largest absolute Gasteiger partial charge is 0.293 e. The van der Waals surface area contributed by atoms with Gasteiger partial charge in [0.1, 0.15) is 0 Å². The van der Waals surface area contributed by atoms with E-state index < -0.39 is 0 Å². The van der Waals surface area contributed by atoms with Crippen LogP contribution in [0.5, 0.6) is 0 Å². The molecule has 0 N–H and O–H groups in total. The van der Waals surface area contributed by atoms with Crippen LogP contribution in [-0.4, -0.2) is 12.8 Å². The highest BCUT2D eigenvalue weighted by atomic mass is 14.7. The highest BCUT2D eigenvalue weighted by Gasteiger charge is 2.43. The highest BCUT2D eigenvalue weighted by molar-refractivity contribution is 5.98. The van der Waals surface area contributed by atoms with Gasteiger partial charge in [0.25, 0.3) is 0 Å². The van der Waals surface area contributed by atoms with Gasteiger partial charge in [-0.1, -0.05) is 69.5 Å². The standard InChI is InChI=1S/C26H39N/c1-7-15-26(10-4,16-8-2)19-22-18-25(22)24-14-11-20(5)17-21(24)12-13-23(9-3)27-6/h10-14,17,22,25H,4,7-9,15-16,18-19H2,1-3,5-6H3/b13-12-,27-23?. The quantitative estimate of drug-likeness (QED) is 0.281. The van der Waals surface area contributed by atoms with Gasteiger partial charge >= 0.3 is 0 Å². The topological polar surface area (TPSA) is 12.4 Å². The van der Waals surface area contributed by atoms with Crippen LogP contribution in [0.25, 0.3) is 6.08 Å². The van der Waals surface area contributed by atoms with E-state index in [-0.39, 0.29) is 0 Å². The Kier molecular flexibility index (Phi) is 8.07. The highest BCUT2D eigenvalue weighted by Crippen LogP contribution is 2.56. The van der Waals surface area contributed by atoms with Crippen LogP contribution in [-0.2, 0) is 0 Å². The zero-order chi connectivity index (χ0) is 19.9. The Morgan fingerprint density at radius 1 is 1.22 bits per heavy atom. The molecule has 1 aliphatic rings. The summed E-state index contributed by atoms with van der Waals surface area (Å²) in [5.41, 5.74) is 5.74. The first-order valence-electron chi connectivity index (χ1n) is 10.9. The molecule has 1 aliphatic carbocycles. The van der Waals surface area contributed by atoms with Crippen molar-refractivity contribution < 1.29 is 0 Å². The first kappa shape index (κ1) is 21.7. The Balaban J connectivity index is 2.19. The first-order valence-corrected chi connectivity index (χ1v) is 10.9. The van der Waals surface area contributed by atoms with Crippen molar-refractivity contribution in [3.63, 3.8) is 0 Å². The predicted octanol–water partition coefficient (Wildman–Crippen LogP) is 7.76. The van der Waals surface area contributed by atoms with E-state index in [4.69, 9.17) is 0 Å². The molecule has 1 aromatic carbocycles. The fraction of sp³-hybridized carbons (Fsp3) is 0.577. The molecule has 1 fully saturated rings. The third-order valence-corrected chi connectivity index (χ3v) is 6.27. The number of hydrogen-bond donors (Lipinski definition) is 0. The monoisotopic (exact) mass is 365 g/mol. The lowest BCUT2D eigenvalue weighted by molar-refractivity contribution is 0.274. The molecule has 0 bridgehead atoms. The van der Waals surface area contributed by atoms with Crippen LogP contribution in [0.15, 0.2) is 41.9 Å². The third kappa shape index (κ3) is 5.67. The second kappa shape index (κ2) is 10.1. The Morgan fingerprint density at radius 2 is 1.93 bits per heavy atom. The van der Waals surface area contributed by atoms with Crippen LogP contribution in [0.2, 0.25) is 0 Å². The summed E-state index contributed by atoms with van der Waals surface area (Å²) in [5.74, 6) is 1.52. The van der Waals surface area contributed by atoms with Crippen LogP contribution in [0, 0.1) is 18.3 Å².